The van der Waals surface area contributed by atoms with Gasteiger partial charge in [-0.2, -0.15) is 0 Å². The smallest absolute Gasteiger partial charge is 0.241 e. The van der Waals surface area contributed by atoms with Gasteiger partial charge in [0.2, 0.25) is 11.8 Å². The highest BCUT2D eigenvalue weighted by molar-refractivity contribution is 5.99. The van der Waals surface area contributed by atoms with E-state index in [-0.39, 0.29) is 11.8 Å². The topological polar surface area (TPSA) is 70.2 Å². The molecule has 5 heteroatoms. The van der Waals surface area contributed by atoms with Crippen LogP contribution in [0.4, 0.5) is 11.4 Å². The van der Waals surface area contributed by atoms with Crippen LogP contribution in [-0.2, 0) is 9.59 Å². The normalized spacial score (nSPS) is 18.2. The predicted molar refractivity (Wildman–Crippen MR) is 151 cm³/mol. The number of rotatable bonds is 8. The summed E-state index contributed by atoms with van der Waals surface area (Å²) in [5.74, 6) is 1.07. The standard InChI is InChI=1S/C31H45N3O2/c1-18(2)22-12-9-13-23(19(3)4)28(22)33-30(35)26-16-11-17-27(32-26)31(36)34-29-24(20(5)6)14-10-15-25(29)21(7)8/h9-10,12-15,18-21,26-27,32H,11,16-17H2,1-8H3,(H,33,35)(H,34,36)/t26-,27+. The Hall–Kier alpha value is -2.66. The maximum Gasteiger partial charge on any atom is 0.241 e. The molecule has 1 aliphatic heterocycles. The van der Waals surface area contributed by atoms with Gasteiger partial charge < -0.3 is 10.6 Å². The summed E-state index contributed by atoms with van der Waals surface area (Å²) in [5, 5.41) is 9.84. The van der Waals surface area contributed by atoms with Crippen LogP contribution in [0.5, 0.6) is 0 Å². The molecule has 2 amide bonds. The van der Waals surface area contributed by atoms with E-state index in [0.717, 1.165) is 52.9 Å². The van der Waals surface area contributed by atoms with Crippen LogP contribution in [0.3, 0.4) is 0 Å². The zero-order valence-corrected chi connectivity index (χ0v) is 23.4. The lowest BCUT2D eigenvalue weighted by Crippen LogP contribution is -2.53. The fraction of sp³-hybridized carbons (Fsp3) is 0.548. The second-order valence-corrected chi connectivity index (χ2v) is 11.4. The summed E-state index contributed by atoms with van der Waals surface area (Å²) in [6.45, 7) is 17.2. The summed E-state index contributed by atoms with van der Waals surface area (Å²) in [6.07, 6.45) is 2.27. The van der Waals surface area contributed by atoms with Gasteiger partial charge in [0.1, 0.15) is 0 Å². The molecule has 1 aliphatic rings. The Labute approximate surface area is 217 Å². The van der Waals surface area contributed by atoms with Gasteiger partial charge in [-0.1, -0.05) is 91.8 Å². The summed E-state index contributed by atoms with van der Waals surface area (Å²) < 4.78 is 0. The Kier molecular flexibility index (Phi) is 9.35. The number of benzene rings is 2. The van der Waals surface area contributed by atoms with Gasteiger partial charge in [0, 0.05) is 11.4 Å². The van der Waals surface area contributed by atoms with Gasteiger partial charge >= 0.3 is 0 Å². The first-order valence-corrected chi connectivity index (χ1v) is 13.6. The third-order valence-corrected chi connectivity index (χ3v) is 7.26. The van der Waals surface area contributed by atoms with Crippen molar-refractivity contribution < 1.29 is 9.59 Å². The fourth-order valence-electron chi connectivity index (χ4n) is 5.16. The predicted octanol–water partition coefficient (Wildman–Crippen LogP) is 7.27. The minimum absolute atomic E-state index is 0.0621. The Morgan fingerprint density at radius 2 is 0.944 bits per heavy atom. The van der Waals surface area contributed by atoms with Crippen LogP contribution >= 0.6 is 0 Å². The number of nitrogens with one attached hydrogen (secondary N) is 3. The van der Waals surface area contributed by atoms with Crippen molar-refractivity contribution >= 4 is 23.2 Å². The van der Waals surface area contributed by atoms with Crippen molar-refractivity contribution in [2.45, 2.75) is 110 Å². The van der Waals surface area contributed by atoms with Crippen molar-refractivity contribution in [1.82, 2.24) is 5.32 Å². The van der Waals surface area contributed by atoms with Crippen molar-refractivity contribution in [2.75, 3.05) is 10.6 Å². The van der Waals surface area contributed by atoms with Crippen LogP contribution in [0.15, 0.2) is 36.4 Å². The average molecular weight is 492 g/mol. The quantitative estimate of drug-likeness (QED) is 0.364. The van der Waals surface area contributed by atoms with E-state index in [2.05, 4.69) is 108 Å². The summed E-state index contributed by atoms with van der Waals surface area (Å²) in [4.78, 5) is 26.9. The zero-order valence-electron chi connectivity index (χ0n) is 23.4. The van der Waals surface area contributed by atoms with Gasteiger partial charge in [-0.05, 0) is 65.2 Å². The lowest BCUT2D eigenvalue weighted by atomic mass is 9.91. The molecule has 1 heterocycles. The molecule has 0 bridgehead atoms. The molecule has 1 saturated heterocycles. The number of carbonyl (C=O) groups excluding carboxylic acids is 2. The first-order valence-electron chi connectivity index (χ1n) is 13.6. The van der Waals surface area contributed by atoms with Gasteiger partial charge in [-0.15, -0.1) is 0 Å². The molecule has 196 valence electrons. The van der Waals surface area contributed by atoms with Crippen LogP contribution in [-0.4, -0.2) is 23.9 Å². The third kappa shape index (κ3) is 6.36. The van der Waals surface area contributed by atoms with Crippen molar-refractivity contribution in [1.29, 1.82) is 0 Å². The number of hydrogen-bond acceptors (Lipinski definition) is 3. The molecule has 0 aromatic heterocycles. The molecule has 0 saturated carbocycles. The van der Waals surface area contributed by atoms with Crippen LogP contribution in [0.1, 0.15) is 121 Å². The molecule has 5 nitrogen and oxygen atoms in total. The molecule has 2 atom stereocenters. The molecule has 3 rings (SSSR count). The maximum atomic E-state index is 13.4. The third-order valence-electron chi connectivity index (χ3n) is 7.26. The SMILES string of the molecule is CC(C)c1cccc(C(C)C)c1NC(=O)[C@@H]1CCC[C@H](C(=O)Nc2c(C(C)C)cccc2C(C)C)N1. The van der Waals surface area contributed by atoms with Gasteiger partial charge in [-0.3, -0.25) is 14.9 Å². The van der Waals surface area contributed by atoms with E-state index in [4.69, 9.17) is 0 Å². The Morgan fingerprint density at radius 1 is 0.639 bits per heavy atom. The number of carbonyl (C=O) groups is 2. The Balaban J connectivity index is 1.78. The van der Waals surface area contributed by atoms with Crippen molar-refractivity contribution in [3.63, 3.8) is 0 Å². The fourth-order valence-corrected chi connectivity index (χ4v) is 5.16. The van der Waals surface area contributed by atoms with Crippen LogP contribution < -0.4 is 16.0 Å². The number of hydrogen-bond donors (Lipinski definition) is 3. The molecule has 2 aromatic rings. The summed E-state index contributed by atoms with van der Waals surface area (Å²) >= 11 is 0. The first-order chi connectivity index (χ1) is 17.0. The average Bonchev–Trinajstić information content (AvgIpc) is 2.83. The van der Waals surface area contributed by atoms with Crippen molar-refractivity contribution in [3.05, 3.63) is 58.7 Å². The number of anilines is 2. The molecule has 0 spiro atoms. The Morgan fingerprint density at radius 3 is 1.22 bits per heavy atom. The lowest BCUT2D eigenvalue weighted by molar-refractivity contribution is -0.121. The zero-order chi connectivity index (χ0) is 26.6. The molecule has 0 unspecified atom stereocenters. The molecule has 2 aromatic carbocycles. The van der Waals surface area contributed by atoms with Gasteiger partial charge in [0.05, 0.1) is 12.1 Å². The molecule has 0 aliphatic carbocycles. The summed E-state index contributed by atoms with van der Waals surface area (Å²) in [6, 6.07) is 11.7. The highest BCUT2D eigenvalue weighted by atomic mass is 16.2. The number of para-hydroxylation sites is 2. The summed E-state index contributed by atoms with van der Waals surface area (Å²) in [7, 11) is 0. The van der Waals surface area contributed by atoms with E-state index in [1.807, 2.05) is 0 Å². The van der Waals surface area contributed by atoms with Crippen LogP contribution in [0.25, 0.3) is 0 Å². The minimum atomic E-state index is -0.403. The highest BCUT2D eigenvalue weighted by Gasteiger charge is 2.32. The Bertz CT molecular complexity index is 935. The van der Waals surface area contributed by atoms with Crippen LogP contribution in [0, 0.1) is 0 Å². The molecule has 1 fully saturated rings. The van der Waals surface area contributed by atoms with E-state index in [9.17, 15) is 9.59 Å². The number of piperidine rings is 1. The molecular formula is C31H45N3O2. The summed E-state index contributed by atoms with van der Waals surface area (Å²) in [5.41, 5.74) is 6.43. The van der Waals surface area contributed by atoms with Crippen LogP contribution in [0.2, 0.25) is 0 Å². The number of amides is 2. The van der Waals surface area contributed by atoms with E-state index in [1.165, 1.54) is 0 Å². The highest BCUT2D eigenvalue weighted by Crippen LogP contribution is 2.34. The van der Waals surface area contributed by atoms with E-state index < -0.39 is 12.1 Å². The first kappa shape index (κ1) is 27.9. The second-order valence-electron chi connectivity index (χ2n) is 11.4. The van der Waals surface area contributed by atoms with Crippen molar-refractivity contribution in [3.8, 4) is 0 Å². The molecular weight excluding hydrogens is 446 g/mol. The van der Waals surface area contributed by atoms with Gasteiger partial charge in [0.25, 0.3) is 0 Å². The lowest BCUT2D eigenvalue weighted by Gasteiger charge is -2.31. The molecule has 36 heavy (non-hydrogen) atoms. The molecule has 3 N–H and O–H groups in total. The van der Waals surface area contributed by atoms with E-state index in [0.29, 0.717) is 23.7 Å². The van der Waals surface area contributed by atoms with E-state index >= 15 is 0 Å². The van der Waals surface area contributed by atoms with E-state index in [1.54, 1.807) is 0 Å². The molecule has 0 radical (unpaired) electrons. The van der Waals surface area contributed by atoms with Crippen molar-refractivity contribution in [2.24, 2.45) is 0 Å². The monoisotopic (exact) mass is 491 g/mol. The largest absolute Gasteiger partial charge is 0.324 e. The maximum absolute atomic E-state index is 13.4. The van der Waals surface area contributed by atoms with Gasteiger partial charge in [0.15, 0.2) is 0 Å². The van der Waals surface area contributed by atoms with Gasteiger partial charge in [-0.25, -0.2) is 0 Å². The minimum Gasteiger partial charge on any atom is -0.324 e. The second kappa shape index (κ2) is 12.1.